The Morgan fingerprint density at radius 1 is 1.19 bits per heavy atom. The molecule has 27 heavy (non-hydrogen) atoms. The number of ether oxygens (including phenoxy) is 1. The molecule has 1 atom stereocenters. The van der Waals surface area contributed by atoms with Crippen molar-refractivity contribution in [1.29, 1.82) is 0 Å². The predicted octanol–water partition coefficient (Wildman–Crippen LogP) is 2.66. The summed E-state index contributed by atoms with van der Waals surface area (Å²) >= 11 is 0. The van der Waals surface area contributed by atoms with E-state index in [1.165, 1.54) is 0 Å². The van der Waals surface area contributed by atoms with E-state index in [4.69, 9.17) is 4.74 Å². The van der Waals surface area contributed by atoms with Crippen molar-refractivity contribution in [3.05, 3.63) is 42.2 Å². The van der Waals surface area contributed by atoms with Crippen LogP contribution >= 0.6 is 0 Å². The third kappa shape index (κ3) is 4.67. The van der Waals surface area contributed by atoms with E-state index in [2.05, 4.69) is 34.0 Å². The van der Waals surface area contributed by atoms with Crippen LogP contribution in [0.2, 0.25) is 0 Å². The molecule has 144 valence electrons. The Labute approximate surface area is 160 Å². The average Bonchev–Trinajstić information content (AvgIpc) is 2.73. The topological polar surface area (TPSA) is 70.6 Å². The quantitative estimate of drug-likeness (QED) is 0.844. The Kier molecular flexibility index (Phi) is 6.11. The highest BCUT2D eigenvalue weighted by atomic mass is 16.5. The van der Waals surface area contributed by atoms with E-state index in [0.29, 0.717) is 24.7 Å². The maximum absolute atomic E-state index is 12.8. The van der Waals surface area contributed by atoms with Gasteiger partial charge in [0.15, 0.2) is 0 Å². The number of methoxy groups -OCH3 is 1. The van der Waals surface area contributed by atoms with Crippen molar-refractivity contribution in [2.24, 2.45) is 0 Å². The van der Waals surface area contributed by atoms with E-state index in [-0.39, 0.29) is 11.9 Å². The third-order valence-electron chi connectivity index (χ3n) is 4.87. The van der Waals surface area contributed by atoms with Crippen LogP contribution in [0.15, 0.2) is 36.5 Å². The largest absolute Gasteiger partial charge is 0.497 e. The van der Waals surface area contributed by atoms with Gasteiger partial charge < -0.3 is 19.9 Å². The summed E-state index contributed by atoms with van der Waals surface area (Å²) in [5.74, 6) is 1.31. The number of carbonyl (C=O) groups excluding carboxylic acids is 1. The van der Waals surface area contributed by atoms with Crippen LogP contribution in [0.4, 0.5) is 11.6 Å². The van der Waals surface area contributed by atoms with E-state index in [9.17, 15) is 4.79 Å². The van der Waals surface area contributed by atoms with Crippen molar-refractivity contribution in [3.63, 3.8) is 0 Å². The maximum Gasteiger partial charge on any atom is 0.272 e. The highest BCUT2D eigenvalue weighted by Crippen LogP contribution is 2.21. The van der Waals surface area contributed by atoms with Crippen LogP contribution in [0.3, 0.4) is 0 Å². The van der Waals surface area contributed by atoms with Crippen molar-refractivity contribution in [2.45, 2.75) is 26.3 Å². The maximum atomic E-state index is 12.8. The monoisotopic (exact) mass is 369 g/mol. The highest BCUT2D eigenvalue weighted by Gasteiger charge is 2.23. The van der Waals surface area contributed by atoms with Gasteiger partial charge >= 0.3 is 0 Å². The van der Waals surface area contributed by atoms with E-state index in [0.717, 1.165) is 30.9 Å². The summed E-state index contributed by atoms with van der Waals surface area (Å²) in [4.78, 5) is 25.5. The molecule has 1 aliphatic rings. The molecule has 1 fully saturated rings. The van der Waals surface area contributed by atoms with Gasteiger partial charge in [0.2, 0.25) is 5.95 Å². The first-order valence-electron chi connectivity index (χ1n) is 9.38. The van der Waals surface area contributed by atoms with E-state index < -0.39 is 0 Å². The Morgan fingerprint density at radius 3 is 2.52 bits per heavy atom. The second-order valence-electron chi connectivity index (χ2n) is 6.70. The van der Waals surface area contributed by atoms with Gasteiger partial charge in [0, 0.05) is 44.1 Å². The Balaban J connectivity index is 1.60. The SMILES string of the molecule is CCC(C)Nc1nccc(C(=O)N2CCN(c3ccc(OC)cc3)CC2)n1. The fourth-order valence-electron chi connectivity index (χ4n) is 2.99. The lowest BCUT2D eigenvalue weighted by atomic mass is 10.2. The minimum Gasteiger partial charge on any atom is -0.497 e. The standard InChI is InChI=1S/C20H27N5O2/c1-4-15(2)22-20-21-10-9-18(23-20)19(26)25-13-11-24(12-14-25)16-5-7-17(27-3)8-6-16/h5-10,15H,4,11-14H2,1-3H3,(H,21,22,23). The van der Waals surface area contributed by atoms with Gasteiger partial charge in [-0.3, -0.25) is 4.79 Å². The molecule has 2 aromatic rings. The van der Waals surface area contributed by atoms with E-state index in [1.807, 2.05) is 29.2 Å². The molecule has 1 N–H and O–H groups in total. The molecule has 1 aliphatic heterocycles. The lowest BCUT2D eigenvalue weighted by Crippen LogP contribution is -2.49. The fraction of sp³-hybridized carbons (Fsp3) is 0.450. The summed E-state index contributed by atoms with van der Waals surface area (Å²) in [6, 6.07) is 9.96. The Morgan fingerprint density at radius 2 is 1.89 bits per heavy atom. The van der Waals surface area contributed by atoms with Gasteiger partial charge in [-0.25, -0.2) is 9.97 Å². The lowest BCUT2D eigenvalue weighted by molar-refractivity contribution is 0.0741. The average molecular weight is 369 g/mol. The third-order valence-corrected chi connectivity index (χ3v) is 4.87. The molecular weight excluding hydrogens is 342 g/mol. The number of anilines is 2. The summed E-state index contributed by atoms with van der Waals surface area (Å²) in [5, 5.41) is 3.22. The van der Waals surface area contributed by atoms with Crippen LogP contribution in [0.5, 0.6) is 5.75 Å². The Bertz CT molecular complexity index is 757. The molecule has 7 heteroatoms. The molecule has 7 nitrogen and oxygen atoms in total. The number of rotatable bonds is 6. The fourth-order valence-corrected chi connectivity index (χ4v) is 2.99. The van der Waals surface area contributed by atoms with Crippen molar-refractivity contribution in [2.75, 3.05) is 43.5 Å². The van der Waals surface area contributed by atoms with Crippen LogP contribution in [0.25, 0.3) is 0 Å². The second-order valence-corrected chi connectivity index (χ2v) is 6.70. The second kappa shape index (κ2) is 8.70. The lowest BCUT2D eigenvalue weighted by Gasteiger charge is -2.36. The molecular formula is C20H27N5O2. The van der Waals surface area contributed by atoms with Gasteiger partial charge in [0.05, 0.1) is 7.11 Å². The number of aromatic nitrogens is 2. The van der Waals surface area contributed by atoms with Gasteiger partial charge in [-0.1, -0.05) is 6.92 Å². The van der Waals surface area contributed by atoms with Gasteiger partial charge in [-0.05, 0) is 43.7 Å². The summed E-state index contributed by atoms with van der Waals surface area (Å²) in [6.45, 7) is 7.08. The van der Waals surface area contributed by atoms with Crippen molar-refractivity contribution in [1.82, 2.24) is 14.9 Å². The number of amides is 1. The minimum atomic E-state index is -0.0426. The van der Waals surface area contributed by atoms with Gasteiger partial charge in [0.25, 0.3) is 5.91 Å². The molecule has 0 aliphatic carbocycles. The number of benzene rings is 1. The molecule has 2 heterocycles. The zero-order chi connectivity index (χ0) is 19.2. The summed E-state index contributed by atoms with van der Waals surface area (Å²) in [7, 11) is 1.66. The summed E-state index contributed by atoms with van der Waals surface area (Å²) < 4.78 is 5.21. The number of hydrogen-bond donors (Lipinski definition) is 1. The van der Waals surface area contributed by atoms with E-state index >= 15 is 0 Å². The van der Waals surface area contributed by atoms with Gasteiger partial charge in [0.1, 0.15) is 11.4 Å². The normalized spacial score (nSPS) is 15.4. The molecule has 0 bridgehead atoms. The predicted molar refractivity (Wildman–Crippen MR) is 107 cm³/mol. The van der Waals surface area contributed by atoms with E-state index in [1.54, 1.807) is 19.4 Å². The first-order chi connectivity index (χ1) is 13.1. The van der Waals surface area contributed by atoms with Crippen LogP contribution in [0, 0.1) is 0 Å². The molecule has 0 radical (unpaired) electrons. The number of nitrogens with zero attached hydrogens (tertiary/aromatic N) is 4. The molecule has 1 aromatic heterocycles. The summed E-state index contributed by atoms with van der Waals surface area (Å²) in [5.41, 5.74) is 1.58. The zero-order valence-electron chi connectivity index (χ0n) is 16.2. The highest BCUT2D eigenvalue weighted by molar-refractivity contribution is 5.92. The molecule has 1 amide bonds. The number of carbonyl (C=O) groups is 1. The molecule has 0 spiro atoms. The smallest absolute Gasteiger partial charge is 0.272 e. The van der Waals surface area contributed by atoms with Crippen LogP contribution in [-0.4, -0.2) is 60.1 Å². The van der Waals surface area contributed by atoms with Gasteiger partial charge in [-0.15, -0.1) is 0 Å². The molecule has 1 unspecified atom stereocenters. The number of nitrogens with one attached hydrogen (secondary N) is 1. The molecule has 1 aromatic carbocycles. The zero-order valence-corrected chi connectivity index (χ0v) is 16.2. The molecule has 0 saturated carbocycles. The van der Waals surface area contributed by atoms with Crippen molar-refractivity contribution in [3.8, 4) is 5.75 Å². The van der Waals surface area contributed by atoms with Crippen LogP contribution in [-0.2, 0) is 0 Å². The Hall–Kier alpha value is -2.83. The van der Waals surface area contributed by atoms with Crippen molar-refractivity contribution < 1.29 is 9.53 Å². The molecule has 3 rings (SSSR count). The number of hydrogen-bond acceptors (Lipinski definition) is 6. The minimum absolute atomic E-state index is 0.0426. The van der Waals surface area contributed by atoms with Crippen LogP contribution in [0.1, 0.15) is 30.8 Å². The van der Waals surface area contributed by atoms with Crippen LogP contribution < -0.4 is 15.0 Å². The molecule has 1 saturated heterocycles. The first-order valence-corrected chi connectivity index (χ1v) is 9.38. The van der Waals surface area contributed by atoms with Gasteiger partial charge in [-0.2, -0.15) is 0 Å². The van der Waals surface area contributed by atoms with Crippen molar-refractivity contribution >= 4 is 17.5 Å². The number of piperazine rings is 1. The summed E-state index contributed by atoms with van der Waals surface area (Å²) in [6.07, 6.45) is 2.60. The first kappa shape index (κ1) is 18.9.